The normalized spacial score (nSPS) is 15.2. The van der Waals surface area contributed by atoms with E-state index in [1.165, 1.54) is 54.7 Å². The first-order chi connectivity index (χ1) is 18.0. The number of nitrogens with one attached hydrogen (secondary N) is 3. The number of carbonyl (C=O) groups excluding carboxylic acids is 1. The second kappa shape index (κ2) is 10.9. The van der Waals surface area contributed by atoms with Crippen LogP contribution in [-0.4, -0.2) is 46.0 Å². The molecule has 0 aliphatic heterocycles. The van der Waals surface area contributed by atoms with Crippen LogP contribution in [-0.2, 0) is 0 Å². The molecule has 204 valence electrons. The van der Waals surface area contributed by atoms with Gasteiger partial charge in [-0.25, -0.2) is 4.68 Å². The lowest BCUT2D eigenvalue weighted by Crippen LogP contribution is -2.38. The van der Waals surface area contributed by atoms with Crippen molar-refractivity contribution in [1.29, 1.82) is 0 Å². The highest BCUT2D eigenvalue weighted by Gasteiger charge is 2.42. The van der Waals surface area contributed by atoms with Gasteiger partial charge in [0.1, 0.15) is 11.4 Å². The summed E-state index contributed by atoms with van der Waals surface area (Å²) in [5.41, 5.74) is -2.97. The van der Waals surface area contributed by atoms with E-state index in [0.29, 0.717) is 12.8 Å². The number of anilines is 3. The summed E-state index contributed by atoms with van der Waals surface area (Å²) in [7, 11) is 2.98. The summed E-state index contributed by atoms with van der Waals surface area (Å²) in [6, 6.07) is 4.32. The van der Waals surface area contributed by atoms with Gasteiger partial charge in [0.15, 0.2) is 11.8 Å². The van der Waals surface area contributed by atoms with Crippen LogP contribution in [0.4, 0.5) is 30.2 Å². The zero-order valence-corrected chi connectivity index (χ0v) is 21.6. The highest BCUT2D eigenvalue weighted by molar-refractivity contribution is 7.10. The Labute approximate surface area is 219 Å². The molecule has 1 atom stereocenters. The Balaban J connectivity index is 1.86. The minimum Gasteiger partial charge on any atom is -0.505 e. The summed E-state index contributed by atoms with van der Waals surface area (Å²) in [5.74, 6) is -1.03. The number of phenols is 1. The molecule has 1 amide bonds. The molecule has 1 saturated carbocycles. The average molecular weight is 552 g/mol. The highest BCUT2D eigenvalue weighted by atomic mass is 32.1. The van der Waals surface area contributed by atoms with E-state index in [9.17, 15) is 32.7 Å². The molecule has 1 fully saturated rings. The lowest BCUT2D eigenvalue weighted by atomic mass is 9.95. The number of H-pyrrole nitrogens is 1. The van der Waals surface area contributed by atoms with Gasteiger partial charge >= 0.3 is 6.18 Å². The molecule has 4 rings (SSSR count). The van der Waals surface area contributed by atoms with Gasteiger partial charge in [-0.1, -0.05) is 31.4 Å². The van der Waals surface area contributed by atoms with E-state index in [4.69, 9.17) is 0 Å². The largest absolute Gasteiger partial charge is 0.505 e. The van der Waals surface area contributed by atoms with Gasteiger partial charge < -0.3 is 20.6 Å². The second-order valence-corrected chi connectivity index (χ2v) is 10.3. The minimum atomic E-state index is -4.78. The van der Waals surface area contributed by atoms with Crippen molar-refractivity contribution in [3.05, 3.63) is 66.9 Å². The Kier molecular flexibility index (Phi) is 7.86. The van der Waals surface area contributed by atoms with Gasteiger partial charge in [0, 0.05) is 19.0 Å². The average Bonchev–Trinajstić information content (AvgIpc) is 3.40. The molecular weight excluding hydrogens is 523 g/mol. The van der Waals surface area contributed by atoms with Crippen LogP contribution in [0.5, 0.6) is 5.75 Å². The fourth-order valence-corrected chi connectivity index (χ4v) is 5.31. The van der Waals surface area contributed by atoms with Crippen LogP contribution in [0.25, 0.3) is 0 Å². The van der Waals surface area contributed by atoms with Gasteiger partial charge in [-0.2, -0.15) is 13.2 Å². The summed E-state index contributed by atoms with van der Waals surface area (Å²) in [4.78, 5) is 40.5. The molecule has 1 aliphatic rings. The van der Waals surface area contributed by atoms with Crippen molar-refractivity contribution in [2.75, 3.05) is 24.7 Å². The number of thiophene rings is 1. The van der Waals surface area contributed by atoms with Crippen molar-refractivity contribution in [2.45, 2.75) is 50.4 Å². The van der Waals surface area contributed by atoms with Crippen molar-refractivity contribution in [2.24, 2.45) is 0 Å². The molecule has 0 bridgehead atoms. The summed E-state index contributed by atoms with van der Waals surface area (Å²) in [5, 5.41) is 19.6. The number of alkyl halides is 3. The number of phenolic OH excluding ortho intramolecular Hbond substituents is 1. The number of halogens is 3. The molecule has 1 aromatic carbocycles. The number of amides is 1. The number of para-hydroxylation sites is 1. The summed E-state index contributed by atoms with van der Waals surface area (Å²) >= 11 is 0.853. The van der Waals surface area contributed by atoms with Gasteiger partial charge in [0.05, 0.1) is 17.3 Å². The maximum Gasteiger partial charge on any atom is 0.413 e. The van der Waals surface area contributed by atoms with Crippen molar-refractivity contribution < 1.29 is 23.1 Å². The second-order valence-electron chi connectivity index (χ2n) is 9.32. The molecule has 9 nitrogen and oxygen atoms in total. The predicted molar refractivity (Wildman–Crippen MR) is 140 cm³/mol. The molecule has 1 aliphatic carbocycles. The Morgan fingerprint density at radius 2 is 1.84 bits per heavy atom. The van der Waals surface area contributed by atoms with Crippen molar-refractivity contribution >= 4 is 34.3 Å². The molecular formula is C25H28F3N5O4S. The van der Waals surface area contributed by atoms with Crippen LogP contribution in [0, 0.1) is 0 Å². The number of aromatic hydroxyl groups is 1. The molecule has 0 saturated heterocycles. The molecule has 3 aromatic rings. The van der Waals surface area contributed by atoms with Crippen molar-refractivity contribution in [3.63, 3.8) is 0 Å². The Bertz CT molecular complexity index is 1410. The number of carbonyl (C=O) groups is 1. The first-order valence-corrected chi connectivity index (χ1v) is 12.9. The summed E-state index contributed by atoms with van der Waals surface area (Å²) in [6.45, 7) is 0. The molecule has 0 radical (unpaired) electrons. The number of hydrogen-bond donors (Lipinski definition) is 4. The van der Waals surface area contributed by atoms with E-state index >= 15 is 0 Å². The van der Waals surface area contributed by atoms with Gasteiger partial charge in [0.25, 0.3) is 17.0 Å². The van der Waals surface area contributed by atoms with Crippen LogP contribution in [0.1, 0.15) is 59.4 Å². The molecule has 13 heteroatoms. The van der Waals surface area contributed by atoms with E-state index in [-0.39, 0.29) is 22.2 Å². The smallest absolute Gasteiger partial charge is 0.413 e. The number of nitrogens with zero attached hydrogens (tertiary/aromatic N) is 2. The zero-order chi connectivity index (χ0) is 27.6. The van der Waals surface area contributed by atoms with Crippen molar-refractivity contribution in [1.82, 2.24) is 14.7 Å². The maximum atomic E-state index is 14.1. The third-order valence-electron chi connectivity index (χ3n) is 6.45. The molecule has 2 aromatic heterocycles. The number of aromatic nitrogens is 2. The fraction of sp³-hybridized carbons (Fsp3) is 0.400. The van der Waals surface area contributed by atoms with E-state index < -0.39 is 46.4 Å². The SMILES string of the molecule is CN(C)C(=O)c1cccc(Nc2c(NC(c3cccs3)C(F)(F)F)c(=O)[nH]n(C3CCCCC3)c2=O)c1O. The maximum absolute atomic E-state index is 14.1. The lowest BCUT2D eigenvalue weighted by molar-refractivity contribution is -0.143. The van der Waals surface area contributed by atoms with Crippen LogP contribution < -0.4 is 21.8 Å². The summed E-state index contributed by atoms with van der Waals surface area (Å²) in [6.07, 6.45) is -0.874. The molecule has 0 spiro atoms. The molecule has 2 heterocycles. The molecule has 38 heavy (non-hydrogen) atoms. The molecule has 4 N–H and O–H groups in total. The van der Waals surface area contributed by atoms with Gasteiger partial charge in [0.2, 0.25) is 0 Å². The Hall–Kier alpha value is -3.74. The standard InChI is InChI=1S/C25H28F3N5O4S/c1-32(2)23(36)15-10-6-11-16(20(15)34)29-19-18(30-21(25(26,27)28)17-12-7-13-38-17)22(35)31-33(24(19)37)14-8-4-3-5-9-14/h6-7,10-14,21,29-30,34H,3-5,8-9H2,1-2H3,(H,31,35). The van der Waals surface area contributed by atoms with Crippen LogP contribution in [0.2, 0.25) is 0 Å². The topological polar surface area (TPSA) is 119 Å². The van der Waals surface area contributed by atoms with E-state index in [2.05, 4.69) is 15.7 Å². The van der Waals surface area contributed by atoms with Gasteiger partial charge in [-0.05, 0) is 36.4 Å². The van der Waals surface area contributed by atoms with Gasteiger partial charge in [-0.15, -0.1) is 11.3 Å². The monoisotopic (exact) mass is 551 g/mol. The van der Waals surface area contributed by atoms with E-state index in [1.807, 2.05) is 0 Å². The van der Waals surface area contributed by atoms with E-state index in [1.54, 1.807) is 0 Å². The summed E-state index contributed by atoms with van der Waals surface area (Å²) < 4.78 is 43.3. The lowest BCUT2D eigenvalue weighted by Gasteiger charge is -2.26. The van der Waals surface area contributed by atoms with E-state index in [0.717, 1.165) is 35.3 Å². The zero-order valence-electron chi connectivity index (χ0n) is 20.8. The third-order valence-corrected chi connectivity index (χ3v) is 7.38. The fourth-order valence-electron chi connectivity index (χ4n) is 4.51. The molecule has 1 unspecified atom stereocenters. The van der Waals surface area contributed by atoms with Crippen LogP contribution in [0.15, 0.2) is 45.3 Å². The first-order valence-electron chi connectivity index (χ1n) is 12.0. The first kappa shape index (κ1) is 27.3. The van der Waals surface area contributed by atoms with Gasteiger partial charge in [-0.3, -0.25) is 19.5 Å². The number of hydrogen-bond acceptors (Lipinski definition) is 7. The number of rotatable bonds is 7. The predicted octanol–water partition coefficient (Wildman–Crippen LogP) is 4.97. The van der Waals surface area contributed by atoms with Crippen LogP contribution >= 0.6 is 11.3 Å². The third kappa shape index (κ3) is 5.57. The van der Waals surface area contributed by atoms with Crippen molar-refractivity contribution in [3.8, 4) is 5.75 Å². The quantitative estimate of drug-likeness (QED) is 0.308. The minimum absolute atomic E-state index is 0.0845. The number of aromatic amines is 1. The Morgan fingerprint density at radius 1 is 1.13 bits per heavy atom. The highest BCUT2D eigenvalue weighted by Crippen LogP contribution is 2.39. The van der Waals surface area contributed by atoms with Crippen LogP contribution in [0.3, 0.4) is 0 Å². The Morgan fingerprint density at radius 3 is 2.45 bits per heavy atom. The number of benzene rings is 1.